The molecule has 0 bridgehead atoms. The normalized spacial score (nSPS) is 11.2. The van der Waals surface area contributed by atoms with Gasteiger partial charge in [-0.2, -0.15) is 5.10 Å². The number of benzene rings is 2. The Kier molecular flexibility index (Phi) is 8.97. The van der Waals surface area contributed by atoms with Crippen molar-refractivity contribution >= 4 is 17.6 Å². The van der Waals surface area contributed by atoms with Crippen molar-refractivity contribution in [2.45, 2.75) is 52.9 Å². The highest BCUT2D eigenvalue weighted by molar-refractivity contribution is 5.99. The highest BCUT2D eigenvalue weighted by Crippen LogP contribution is 2.28. The summed E-state index contributed by atoms with van der Waals surface area (Å²) in [5, 5.41) is 7.81. The monoisotopic (exact) mass is 506 g/mol. The van der Waals surface area contributed by atoms with Crippen LogP contribution in [0.5, 0.6) is 11.5 Å². The first-order valence-electron chi connectivity index (χ1n) is 12.6. The molecule has 0 saturated heterocycles. The Balaban J connectivity index is 1.89. The number of carbonyl (C=O) groups is 2. The molecule has 0 aliphatic carbocycles. The highest BCUT2D eigenvalue weighted by atomic mass is 16.5. The van der Waals surface area contributed by atoms with E-state index in [9.17, 15) is 9.59 Å². The lowest BCUT2D eigenvalue weighted by atomic mass is 9.92. The van der Waals surface area contributed by atoms with Gasteiger partial charge in [0.2, 0.25) is 5.91 Å². The summed E-state index contributed by atoms with van der Waals surface area (Å²) in [6.07, 6.45) is 1.66. The first-order valence-corrected chi connectivity index (χ1v) is 12.6. The summed E-state index contributed by atoms with van der Waals surface area (Å²) < 4.78 is 12.4. The summed E-state index contributed by atoms with van der Waals surface area (Å²) in [4.78, 5) is 28.3. The molecule has 0 fully saturated rings. The number of anilines is 1. The molecule has 0 spiro atoms. The largest absolute Gasteiger partial charge is 0.497 e. The van der Waals surface area contributed by atoms with E-state index in [1.54, 1.807) is 27.8 Å². The van der Waals surface area contributed by atoms with Gasteiger partial charge in [-0.3, -0.25) is 9.59 Å². The second kappa shape index (κ2) is 12.0. The molecule has 3 aromatic rings. The number of methoxy groups -OCH3 is 2. The van der Waals surface area contributed by atoms with Crippen LogP contribution in [0.4, 0.5) is 5.82 Å². The fourth-order valence-corrected chi connectivity index (χ4v) is 3.89. The zero-order valence-corrected chi connectivity index (χ0v) is 22.9. The minimum Gasteiger partial charge on any atom is -0.497 e. The molecule has 0 saturated carbocycles. The molecule has 0 atom stereocenters. The summed E-state index contributed by atoms with van der Waals surface area (Å²) in [6.45, 7) is 10.7. The number of para-hydroxylation sites is 1. The molecule has 2 amide bonds. The topological polar surface area (TPSA) is 85.7 Å². The molecule has 1 N–H and O–H groups in total. The molecule has 37 heavy (non-hydrogen) atoms. The van der Waals surface area contributed by atoms with Crippen LogP contribution in [0.3, 0.4) is 0 Å². The van der Waals surface area contributed by atoms with E-state index < -0.39 is 0 Å². The van der Waals surface area contributed by atoms with Gasteiger partial charge >= 0.3 is 0 Å². The van der Waals surface area contributed by atoms with Gasteiger partial charge in [0.15, 0.2) is 0 Å². The van der Waals surface area contributed by atoms with E-state index in [0.717, 1.165) is 29.8 Å². The molecule has 1 heterocycles. The first-order chi connectivity index (χ1) is 17.6. The Morgan fingerprint density at radius 1 is 1.03 bits per heavy atom. The molecule has 198 valence electrons. The minimum absolute atomic E-state index is 0.0951. The van der Waals surface area contributed by atoms with Gasteiger partial charge in [-0.15, -0.1) is 0 Å². The number of carbonyl (C=O) groups excluding carboxylic acids is 2. The number of aromatic nitrogens is 2. The molecular weight excluding hydrogens is 468 g/mol. The van der Waals surface area contributed by atoms with Crippen LogP contribution >= 0.6 is 0 Å². The number of aryl methyl sites for hydroxylation is 1. The van der Waals surface area contributed by atoms with Gasteiger partial charge in [0, 0.05) is 29.7 Å². The van der Waals surface area contributed by atoms with Gasteiger partial charge in [0.25, 0.3) is 5.91 Å². The Labute approximate surface area is 219 Å². The number of unbranched alkanes of at least 4 members (excludes halogenated alkanes) is 1. The molecule has 3 rings (SSSR count). The number of nitrogens with one attached hydrogen (secondary N) is 1. The molecule has 8 heteroatoms. The molecule has 0 aliphatic heterocycles. The van der Waals surface area contributed by atoms with Crippen molar-refractivity contribution in [1.29, 1.82) is 0 Å². The van der Waals surface area contributed by atoms with Gasteiger partial charge in [0.1, 0.15) is 23.9 Å². The zero-order chi connectivity index (χ0) is 27.2. The van der Waals surface area contributed by atoms with Crippen molar-refractivity contribution in [3.63, 3.8) is 0 Å². The smallest absolute Gasteiger partial charge is 0.254 e. The maximum absolute atomic E-state index is 13.5. The number of hydrogen-bond acceptors (Lipinski definition) is 5. The number of hydrogen-bond donors (Lipinski definition) is 1. The van der Waals surface area contributed by atoms with E-state index in [1.165, 1.54) is 14.2 Å². The number of rotatable bonds is 10. The Morgan fingerprint density at radius 2 is 1.68 bits per heavy atom. The summed E-state index contributed by atoms with van der Waals surface area (Å²) in [5.41, 5.74) is 2.97. The maximum Gasteiger partial charge on any atom is 0.254 e. The van der Waals surface area contributed by atoms with E-state index in [-0.39, 0.29) is 23.8 Å². The van der Waals surface area contributed by atoms with Crippen LogP contribution in [0.25, 0.3) is 5.69 Å². The summed E-state index contributed by atoms with van der Waals surface area (Å²) in [7, 11) is 3.07. The third kappa shape index (κ3) is 6.90. The molecule has 0 aliphatic rings. The van der Waals surface area contributed by atoms with Crippen LogP contribution in [0.1, 0.15) is 62.2 Å². The first kappa shape index (κ1) is 27.8. The lowest BCUT2D eigenvalue weighted by Gasteiger charge is -2.23. The van der Waals surface area contributed by atoms with Gasteiger partial charge in [-0.1, -0.05) is 52.3 Å². The third-order valence-corrected chi connectivity index (χ3v) is 6.09. The van der Waals surface area contributed by atoms with E-state index in [2.05, 4.69) is 26.1 Å². The average molecular weight is 507 g/mol. The third-order valence-electron chi connectivity index (χ3n) is 6.09. The second-order valence-corrected chi connectivity index (χ2v) is 10.1. The minimum atomic E-state index is -0.297. The lowest BCUT2D eigenvalue weighted by molar-refractivity contribution is -0.117. The number of nitrogens with zero attached hydrogens (tertiary/aromatic N) is 3. The molecule has 1 aromatic heterocycles. The van der Waals surface area contributed by atoms with Gasteiger partial charge < -0.3 is 19.7 Å². The molecule has 2 aromatic carbocycles. The van der Waals surface area contributed by atoms with Gasteiger partial charge in [-0.05, 0) is 37.1 Å². The van der Waals surface area contributed by atoms with Crippen molar-refractivity contribution in [3.05, 3.63) is 65.4 Å². The second-order valence-electron chi connectivity index (χ2n) is 10.1. The highest BCUT2D eigenvalue weighted by Gasteiger charge is 2.24. The van der Waals surface area contributed by atoms with Crippen molar-refractivity contribution in [2.24, 2.45) is 0 Å². The summed E-state index contributed by atoms with van der Waals surface area (Å²) in [5.74, 6) is 1.03. The van der Waals surface area contributed by atoms with E-state index in [1.807, 2.05) is 44.2 Å². The summed E-state index contributed by atoms with van der Waals surface area (Å²) in [6, 6.07) is 14.8. The van der Waals surface area contributed by atoms with Crippen LogP contribution in [0.15, 0.2) is 48.5 Å². The van der Waals surface area contributed by atoms with Crippen LogP contribution in [0, 0.1) is 6.92 Å². The zero-order valence-electron chi connectivity index (χ0n) is 22.9. The quantitative estimate of drug-likeness (QED) is 0.399. The van der Waals surface area contributed by atoms with Crippen molar-refractivity contribution in [1.82, 2.24) is 14.7 Å². The Morgan fingerprint density at radius 3 is 2.24 bits per heavy atom. The predicted octanol–water partition coefficient (Wildman–Crippen LogP) is 5.38. The average Bonchev–Trinajstić information content (AvgIpc) is 3.29. The molecule has 0 radical (unpaired) electrons. The summed E-state index contributed by atoms with van der Waals surface area (Å²) >= 11 is 0. The van der Waals surface area contributed by atoms with Crippen molar-refractivity contribution < 1.29 is 19.1 Å². The van der Waals surface area contributed by atoms with Crippen LogP contribution in [-0.4, -0.2) is 53.8 Å². The molecule has 8 nitrogen and oxygen atoms in total. The van der Waals surface area contributed by atoms with Gasteiger partial charge in [-0.25, -0.2) is 4.68 Å². The Bertz CT molecular complexity index is 1220. The number of ether oxygens (including phenoxy) is 2. The van der Waals surface area contributed by atoms with Crippen LogP contribution in [-0.2, 0) is 10.2 Å². The standard InChI is InChI=1S/C29H38N4O4/c1-8-9-14-32(28(35)21-15-22(36-6)17-23(16-21)37-7)19-27(34)30-26-18-25(29(3,4)5)31-33(26)24-13-11-10-12-20(24)2/h10-13,15-18H,8-9,14,19H2,1-7H3,(H,30,34). The Hall–Kier alpha value is -3.81. The van der Waals surface area contributed by atoms with Gasteiger partial charge in [0.05, 0.1) is 25.6 Å². The number of amides is 2. The molecule has 0 unspecified atom stereocenters. The fraction of sp³-hybridized carbons (Fsp3) is 0.414. The van der Waals surface area contributed by atoms with Crippen molar-refractivity contribution in [2.75, 3.05) is 32.6 Å². The van der Waals surface area contributed by atoms with E-state index in [0.29, 0.717) is 29.4 Å². The van der Waals surface area contributed by atoms with Crippen molar-refractivity contribution in [3.8, 4) is 17.2 Å². The molecular formula is C29H38N4O4. The predicted molar refractivity (Wildman–Crippen MR) is 146 cm³/mol. The van der Waals surface area contributed by atoms with E-state index in [4.69, 9.17) is 14.6 Å². The SMILES string of the molecule is CCCCN(CC(=O)Nc1cc(C(C)(C)C)nn1-c1ccccc1C)C(=O)c1cc(OC)cc(OC)c1. The van der Waals surface area contributed by atoms with E-state index >= 15 is 0 Å². The van der Waals surface area contributed by atoms with Crippen LogP contribution < -0.4 is 14.8 Å². The van der Waals surface area contributed by atoms with Crippen LogP contribution in [0.2, 0.25) is 0 Å². The lowest BCUT2D eigenvalue weighted by Crippen LogP contribution is -2.39. The maximum atomic E-state index is 13.5. The fourth-order valence-electron chi connectivity index (χ4n) is 3.89.